The van der Waals surface area contributed by atoms with Crippen LogP contribution in [0.15, 0.2) is 42.6 Å². The van der Waals surface area contributed by atoms with Gasteiger partial charge in [0, 0.05) is 32.3 Å². The lowest BCUT2D eigenvalue weighted by Crippen LogP contribution is -2.25. The maximum atomic E-state index is 4.42. The Kier molecular flexibility index (Phi) is 5.36. The molecule has 1 aromatic heterocycles. The normalized spacial score (nSPS) is 12.8. The zero-order valence-corrected chi connectivity index (χ0v) is 12.7. The molecule has 1 aromatic carbocycles. The van der Waals surface area contributed by atoms with Crippen molar-refractivity contribution in [2.24, 2.45) is 13.0 Å². The first-order valence-electron chi connectivity index (χ1n) is 7.42. The van der Waals surface area contributed by atoms with E-state index in [0.29, 0.717) is 12.0 Å². The molecule has 0 aliphatic carbocycles. The summed E-state index contributed by atoms with van der Waals surface area (Å²) in [7, 11) is 1.96. The fraction of sp³-hybridized carbons (Fsp3) is 0.471. The van der Waals surface area contributed by atoms with Gasteiger partial charge in [-0.2, -0.15) is 5.10 Å². The van der Waals surface area contributed by atoms with Gasteiger partial charge in [-0.25, -0.2) is 0 Å². The molecule has 0 aliphatic rings. The molecule has 0 saturated heterocycles. The first-order chi connectivity index (χ1) is 9.65. The number of rotatable bonds is 7. The summed E-state index contributed by atoms with van der Waals surface area (Å²) in [6.45, 7) is 5.51. The van der Waals surface area contributed by atoms with E-state index < -0.39 is 0 Å². The molecule has 0 bridgehead atoms. The second kappa shape index (κ2) is 7.25. The minimum atomic E-state index is 0.430. The molecule has 0 amide bonds. The van der Waals surface area contributed by atoms with Crippen molar-refractivity contribution in [2.75, 3.05) is 6.54 Å². The van der Waals surface area contributed by atoms with Crippen LogP contribution in [-0.2, 0) is 13.5 Å². The van der Waals surface area contributed by atoms with Crippen LogP contribution in [0.4, 0.5) is 0 Å². The fourth-order valence-corrected chi connectivity index (χ4v) is 2.46. The third-order valence-corrected chi connectivity index (χ3v) is 3.45. The molecule has 108 valence electrons. The van der Waals surface area contributed by atoms with Crippen LogP contribution in [0.2, 0.25) is 0 Å². The summed E-state index contributed by atoms with van der Waals surface area (Å²) in [5.41, 5.74) is 2.53. The van der Waals surface area contributed by atoms with Crippen molar-refractivity contribution in [3.8, 4) is 0 Å². The lowest BCUT2D eigenvalue weighted by molar-refractivity contribution is 0.431. The fourth-order valence-electron chi connectivity index (χ4n) is 2.46. The molecule has 0 aliphatic heterocycles. The Bertz CT molecular complexity index is 502. The number of hydrogen-bond acceptors (Lipinski definition) is 2. The van der Waals surface area contributed by atoms with Crippen molar-refractivity contribution in [3.63, 3.8) is 0 Å². The summed E-state index contributed by atoms with van der Waals surface area (Å²) < 4.78 is 1.86. The van der Waals surface area contributed by atoms with Crippen LogP contribution in [0, 0.1) is 5.92 Å². The van der Waals surface area contributed by atoms with Crippen LogP contribution in [-0.4, -0.2) is 16.3 Å². The van der Waals surface area contributed by atoms with E-state index in [2.05, 4.69) is 60.7 Å². The average Bonchev–Trinajstić information content (AvgIpc) is 2.84. The molecule has 2 rings (SSSR count). The van der Waals surface area contributed by atoms with E-state index in [0.717, 1.165) is 25.1 Å². The third-order valence-electron chi connectivity index (χ3n) is 3.45. The van der Waals surface area contributed by atoms with Crippen molar-refractivity contribution in [2.45, 2.75) is 32.7 Å². The molecule has 0 saturated carbocycles. The van der Waals surface area contributed by atoms with E-state index in [9.17, 15) is 0 Å². The van der Waals surface area contributed by atoms with E-state index in [4.69, 9.17) is 0 Å². The van der Waals surface area contributed by atoms with Crippen LogP contribution in [0.1, 0.15) is 37.6 Å². The van der Waals surface area contributed by atoms with Gasteiger partial charge in [0.1, 0.15) is 0 Å². The molecule has 1 atom stereocenters. The lowest BCUT2D eigenvalue weighted by atomic mass is 9.97. The Morgan fingerprint density at radius 3 is 2.50 bits per heavy atom. The Morgan fingerprint density at radius 2 is 1.90 bits per heavy atom. The Hall–Kier alpha value is -1.61. The number of benzene rings is 1. The summed E-state index contributed by atoms with van der Waals surface area (Å²) in [5, 5.41) is 8.09. The number of nitrogens with zero attached hydrogens (tertiary/aromatic N) is 2. The van der Waals surface area contributed by atoms with Crippen molar-refractivity contribution >= 4 is 0 Å². The van der Waals surface area contributed by atoms with Gasteiger partial charge in [-0.3, -0.25) is 4.68 Å². The quantitative estimate of drug-likeness (QED) is 0.837. The standard InChI is InChI=1S/C17H25N3/c1-14(2)13-17(15-7-5-4-6-8-15)18-11-9-16-10-12-20(3)19-16/h4-8,10,12,14,17-18H,9,11,13H2,1-3H3. The highest BCUT2D eigenvalue weighted by Gasteiger charge is 2.12. The highest BCUT2D eigenvalue weighted by atomic mass is 15.2. The molecule has 1 unspecified atom stereocenters. The van der Waals surface area contributed by atoms with Gasteiger partial charge in [0.15, 0.2) is 0 Å². The second-order valence-corrected chi connectivity index (χ2v) is 5.78. The lowest BCUT2D eigenvalue weighted by Gasteiger charge is -2.21. The number of aryl methyl sites for hydroxylation is 1. The molecule has 3 nitrogen and oxygen atoms in total. The highest BCUT2D eigenvalue weighted by Crippen LogP contribution is 2.20. The smallest absolute Gasteiger partial charge is 0.0637 e. The highest BCUT2D eigenvalue weighted by molar-refractivity contribution is 5.19. The summed E-state index contributed by atoms with van der Waals surface area (Å²) >= 11 is 0. The Morgan fingerprint density at radius 1 is 1.15 bits per heavy atom. The zero-order valence-electron chi connectivity index (χ0n) is 12.7. The predicted molar refractivity (Wildman–Crippen MR) is 83.6 cm³/mol. The maximum absolute atomic E-state index is 4.42. The molecule has 0 spiro atoms. The summed E-state index contributed by atoms with van der Waals surface area (Å²) in [4.78, 5) is 0. The Labute approximate surface area is 122 Å². The SMILES string of the molecule is CC(C)CC(NCCc1ccn(C)n1)c1ccccc1. The number of nitrogens with one attached hydrogen (secondary N) is 1. The van der Waals surface area contributed by atoms with E-state index in [-0.39, 0.29) is 0 Å². The minimum Gasteiger partial charge on any atom is -0.310 e. The van der Waals surface area contributed by atoms with Crippen molar-refractivity contribution in [3.05, 3.63) is 53.9 Å². The van der Waals surface area contributed by atoms with Crippen molar-refractivity contribution in [1.82, 2.24) is 15.1 Å². The number of hydrogen-bond donors (Lipinski definition) is 1. The van der Waals surface area contributed by atoms with Crippen LogP contribution in [0.25, 0.3) is 0 Å². The van der Waals surface area contributed by atoms with Crippen LogP contribution in [0.5, 0.6) is 0 Å². The van der Waals surface area contributed by atoms with Gasteiger partial charge < -0.3 is 5.32 Å². The molecular weight excluding hydrogens is 246 g/mol. The van der Waals surface area contributed by atoms with Crippen molar-refractivity contribution in [1.29, 1.82) is 0 Å². The first kappa shape index (κ1) is 14.8. The van der Waals surface area contributed by atoms with Gasteiger partial charge in [0.05, 0.1) is 5.69 Å². The molecule has 3 heteroatoms. The topological polar surface area (TPSA) is 29.9 Å². The molecule has 1 N–H and O–H groups in total. The zero-order chi connectivity index (χ0) is 14.4. The van der Waals surface area contributed by atoms with Crippen LogP contribution < -0.4 is 5.32 Å². The van der Waals surface area contributed by atoms with E-state index in [1.807, 2.05) is 17.9 Å². The van der Waals surface area contributed by atoms with Gasteiger partial charge in [-0.1, -0.05) is 44.2 Å². The molecule has 1 heterocycles. The van der Waals surface area contributed by atoms with Gasteiger partial charge in [0.25, 0.3) is 0 Å². The minimum absolute atomic E-state index is 0.430. The average molecular weight is 271 g/mol. The third kappa shape index (κ3) is 4.49. The van der Waals surface area contributed by atoms with E-state index in [1.54, 1.807) is 0 Å². The van der Waals surface area contributed by atoms with Crippen molar-refractivity contribution < 1.29 is 0 Å². The molecule has 0 fully saturated rings. The van der Waals surface area contributed by atoms with Gasteiger partial charge in [-0.05, 0) is 24.0 Å². The van der Waals surface area contributed by atoms with Gasteiger partial charge in [0.2, 0.25) is 0 Å². The van der Waals surface area contributed by atoms with E-state index >= 15 is 0 Å². The first-order valence-corrected chi connectivity index (χ1v) is 7.42. The monoisotopic (exact) mass is 271 g/mol. The second-order valence-electron chi connectivity index (χ2n) is 5.78. The number of aromatic nitrogens is 2. The van der Waals surface area contributed by atoms with Gasteiger partial charge >= 0.3 is 0 Å². The molecule has 20 heavy (non-hydrogen) atoms. The van der Waals surface area contributed by atoms with E-state index in [1.165, 1.54) is 5.56 Å². The molecular formula is C17H25N3. The van der Waals surface area contributed by atoms with Crippen LogP contribution >= 0.6 is 0 Å². The molecule has 2 aromatic rings. The Balaban J connectivity index is 1.91. The summed E-state index contributed by atoms with van der Waals surface area (Å²) in [6, 6.07) is 13.2. The maximum Gasteiger partial charge on any atom is 0.0637 e. The largest absolute Gasteiger partial charge is 0.310 e. The summed E-state index contributed by atoms with van der Waals surface area (Å²) in [5.74, 6) is 0.683. The predicted octanol–water partition coefficient (Wildman–Crippen LogP) is 3.34. The van der Waals surface area contributed by atoms with Crippen LogP contribution in [0.3, 0.4) is 0 Å². The van der Waals surface area contributed by atoms with Gasteiger partial charge in [-0.15, -0.1) is 0 Å². The molecule has 0 radical (unpaired) electrons. The summed E-state index contributed by atoms with van der Waals surface area (Å²) in [6.07, 6.45) is 4.13.